The lowest BCUT2D eigenvalue weighted by Crippen LogP contribution is -2.05. The van der Waals surface area contributed by atoms with E-state index in [-0.39, 0.29) is 5.78 Å². The van der Waals surface area contributed by atoms with Crippen molar-refractivity contribution in [1.82, 2.24) is 0 Å². The van der Waals surface area contributed by atoms with E-state index < -0.39 is 0 Å². The minimum absolute atomic E-state index is 0.155. The predicted molar refractivity (Wildman–Crippen MR) is 72.3 cm³/mol. The summed E-state index contributed by atoms with van der Waals surface area (Å²) in [5.74, 6) is 0.466. The molecule has 0 aliphatic carbocycles. The lowest BCUT2D eigenvalue weighted by molar-refractivity contribution is 0.103. The molecular weight excluding hydrogens is 250 g/mol. The van der Waals surface area contributed by atoms with E-state index in [9.17, 15) is 4.79 Å². The average molecular weight is 262 g/mol. The van der Waals surface area contributed by atoms with Crippen LogP contribution in [-0.4, -0.2) is 12.9 Å². The minimum atomic E-state index is -0.155. The second-order valence-electron chi connectivity index (χ2n) is 3.79. The second kappa shape index (κ2) is 5.10. The van der Waals surface area contributed by atoms with Gasteiger partial charge >= 0.3 is 0 Å². The molecule has 0 atom stereocenters. The van der Waals surface area contributed by atoms with E-state index in [1.54, 1.807) is 49.6 Å². The van der Waals surface area contributed by atoms with Gasteiger partial charge in [-0.1, -0.05) is 23.7 Å². The zero-order valence-corrected chi connectivity index (χ0v) is 10.6. The first kappa shape index (κ1) is 12.5. The van der Waals surface area contributed by atoms with Crippen LogP contribution in [0.25, 0.3) is 0 Å². The van der Waals surface area contributed by atoms with Crippen molar-refractivity contribution in [2.45, 2.75) is 0 Å². The van der Waals surface area contributed by atoms with Crippen LogP contribution in [0.3, 0.4) is 0 Å². The van der Waals surface area contributed by atoms with E-state index in [4.69, 9.17) is 22.1 Å². The van der Waals surface area contributed by atoms with Gasteiger partial charge in [-0.25, -0.2) is 0 Å². The van der Waals surface area contributed by atoms with Gasteiger partial charge in [0, 0.05) is 27.9 Å². The highest BCUT2D eigenvalue weighted by molar-refractivity contribution is 6.31. The topological polar surface area (TPSA) is 52.3 Å². The molecule has 2 rings (SSSR count). The fourth-order valence-corrected chi connectivity index (χ4v) is 1.85. The molecule has 2 aromatic rings. The molecule has 92 valence electrons. The third-order valence-electron chi connectivity index (χ3n) is 2.59. The van der Waals surface area contributed by atoms with Gasteiger partial charge in [0.05, 0.1) is 7.11 Å². The Balaban J connectivity index is 2.40. The number of carbonyl (C=O) groups excluding carboxylic acids is 1. The number of ketones is 1. The Morgan fingerprint density at radius 3 is 2.61 bits per heavy atom. The summed E-state index contributed by atoms with van der Waals surface area (Å²) in [4.78, 5) is 12.2. The Hall–Kier alpha value is -2.00. The van der Waals surface area contributed by atoms with E-state index >= 15 is 0 Å². The number of ether oxygens (including phenoxy) is 1. The molecule has 0 bridgehead atoms. The fraction of sp³-hybridized carbons (Fsp3) is 0.0714. The SMILES string of the molecule is COc1ccc(C(=O)c2cccc(Cl)c2)c(N)c1. The van der Waals surface area contributed by atoms with Crippen LogP contribution in [0.15, 0.2) is 42.5 Å². The van der Waals surface area contributed by atoms with E-state index in [0.717, 1.165) is 0 Å². The Kier molecular flexibility index (Phi) is 3.53. The molecule has 2 N–H and O–H groups in total. The van der Waals surface area contributed by atoms with Gasteiger partial charge in [0.15, 0.2) is 5.78 Å². The molecule has 0 aliphatic rings. The monoisotopic (exact) mass is 261 g/mol. The molecule has 4 heteroatoms. The Morgan fingerprint density at radius 1 is 1.22 bits per heavy atom. The molecule has 0 unspecified atom stereocenters. The number of hydrogen-bond acceptors (Lipinski definition) is 3. The molecule has 0 saturated carbocycles. The van der Waals surface area contributed by atoms with Gasteiger partial charge in [0.25, 0.3) is 0 Å². The van der Waals surface area contributed by atoms with Crippen LogP contribution in [0, 0.1) is 0 Å². The summed E-state index contributed by atoms with van der Waals surface area (Å²) in [5.41, 5.74) is 7.18. The Labute approximate surface area is 110 Å². The standard InChI is InChI=1S/C14H12ClNO2/c1-18-11-5-6-12(13(16)8-11)14(17)9-3-2-4-10(15)7-9/h2-8H,16H2,1H3. The van der Waals surface area contributed by atoms with Crippen LogP contribution in [0.2, 0.25) is 5.02 Å². The maximum Gasteiger partial charge on any atom is 0.195 e. The molecule has 2 aromatic carbocycles. The van der Waals surface area contributed by atoms with E-state index in [0.29, 0.717) is 27.6 Å². The van der Waals surface area contributed by atoms with E-state index in [2.05, 4.69) is 0 Å². The maximum atomic E-state index is 12.2. The van der Waals surface area contributed by atoms with Crippen molar-refractivity contribution in [3.8, 4) is 5.75 Å². The van der Waals surface area contributed by atoms with Gasteiger partial charge in [-0.2, -0.15) is 0 Å². The highest BCUT2D eigenvalue weighted by atomic mass is 35.5. The highest BCUT2D eigenvalue weighted by Gasteiger charge is 2.13. The van der Waals surface area contributed by atoms with Crippen LogP contribution < -0.4 is 10.5 Å². The first-order chi connectivity index (χ1) is 8.61. The second-order valence-corrected chi connectivity index (χ2v) is 4.23. The number of methoxy groups -OCH3 is 1. The molecule has 18 heavy (non-hydrogen) atoms. The maximum absolute atomic E-state index is 12.2. The van der Waals surface area contributed by atoms with E-state index in [1.165, 1.54) is 0 Å². The van der Waals surface area contributed by atoms with Gasteiger partial charge in [0.1, 0.15) is 5.75 Å². The molecule has 3 nitrogen and oxygen atoms in total. The minimum Gasteiger partial charge on any atom is -0.497 e. The number of halogens is 1. The van der Waals surface area contributed by atoms with Gasteiger partial charge in [-0.05, 0) is 24.3 Å². The van der Waals surface area contributed by atoms with Gasteiger partial charge < -0.3 is 10.5 Å². The number of nitrogens with two attached hydrogens (primary N) is 1. The highest BCUT2D eigenvalue weighted by Crippen LogP contribution is 2.23. The van der Waals surface area contributed by atoms with Crippen molar-refractivity contribution in [2.75, 3.05) is 12.8 Å². The number of benzene rings is 2. The summed E-state index contributed by atoms with van der Waals surface area (Å²) < 4.78 is 5.04. The molecule has 0 amide bonds. The van der Waals surface area contributed by atoms with E-state index in [1.807, 2.05) is 0 Å². The molecular formula is C14H12ClNO2. The number of carbonyl (C=O) groups is 1. The summed E-state index contributed by atoms with van der Waals surface area (Å²) in [7, 11) is 1.55. The van der Waals surface area contributed by atoms with Crippen molar-refractivity contribution in [3.63, 3.8) is 0 Å². The number of nitrogen functional groups attached to an aromatic ring is 1. The Bertz CT molecular complexity index is 596. The summed E-state index contributed by atoms with van der Waals surface area (Å²) in [5, 5.41) is 0.521. The molecule has 0 heterocycles. The zero-order valence-electron chi connectivity index (χ0n) is 9.81. The number of hydrogen-bond donors (Lipinski definition) is 1. The third-order valence-corrected chi connectivity index (χ3v) is 2.83. The predicted octanol–water partition coefficient (Wildman–Crippen LogP) is 3.16. The van der Waals surface area contributed by atoms with Crippen molar-refractivity contribution < 1.29 is 9.53 Å². The fourth-order valence-electron chi connectivity index (χ4n) is 1.66. The van der Waals surface area contributed by atoms with Crippen molar-refractivity contribution in [3.05, 3.63) is 58.6 Å². The first-order valence-corrected chi connectivity index (χ1v) is 5.73. The zero-order chi connectivity index (χ0) is 13.1. The first-order valence-electron chi connectivity index (χ1n) is 5.35. The largest absolute Gasteiger partial charge is 0.497 e. The summed E-state index contributed by atoms with van der Waals surface area (Å²) in [6.45, 7) is 0. The molecule has 0 fully saturated rings. The third kappa shape index (κ3) is 2.46. The summed E-state index contributed by atoms with van der Waals surface area (Å²) in [6.07, 6.45) is 0. The lowest BCUT2D eigenvalue weighted by atomic mass is 10.0. The van der Waals surface area contributed by atoms with Crippen LogP contribution in [0.1, 0.15) is 15.9 Å². The molecule has 0 radical (unpaired) electrons. The molecule has 0 aliphatic heterocycles. The summed E-state index contributed by atoms with van der Waals surface area (Å²) >= 11 is 5.86. The van der Waals surface area contributed by atoms with Gasteiger partial charge in [-0.15, -0.1) is 0 Å². The lowest BCUT2D eigenvalue weighted by Gasteiger charge is -2.07. The average Bonchev–Trinajstić information content (AvgIpc) is 2.37. The molecule has 0 aromatic heterocycles. The smallest absolute Gasteiger partial charge is 0.195 e. The van der Waals surface area contributed by atoms with Crippen LogP contribution in [0.5, 0.6) is 5.75 Å². The number of anilines is 1. The van der Waals surface area contributed by atoms with Crippen molar-refractivity contribution in [2.24, 2.45) is 0 Å². The van der Waals surface area contributed by atoms with Crippen LogP contribution in [0.4, 0.5) is 5.69 Å². The molecule has 0 spiro atoms. The molecule has 0 saturated heterocycles. The van der Waals surface area contributed by atoms with Gasteiger partial charge in [0.2, 0.25) is 0 Å². The number of rotatable bonds is 3. The van der Waals surface area contributed by atoms with Crippen LogP contribution >= 0.6 is 11.6 Å². The van der Waals surface area contributed by atoms with Gasteiger partial charge in [-0.3, -0.25) is 4.79 Å². The van der Waals surface area contributed by atoms with Crippen LogP contribution in [-0.2, 0) is 0 Å². The normalized spacial score (nSPS) is 10.1. The van der Waals surface area contributed by atoms with Crippen molar-refractivity contribution in [1.29, 1.82) is 0 Å². The quantitative estimate of drug-likeness (QED) is 0.682. The van der Waals surface area contributed by atoms with Crippen molar-refractivity contribution >= 4 is 23.1 Å². The summed E-state index contributed by atoms with van der Waals surface area (Å²) in [6, 6.07) is 11.7. The Morgan fingerprint density at radius 2 is 2.00 bits per heavy atom.